The Morgan fingerprint density at radius 1 is 1.47 bits per heavy atom. The quantitative estimate of drug-likeness (QED) is 0.799. The number of nitrogens with two attached hydrogens (primary N) is 1. The summed E-state index contributed by atoms with van der Waals surface area (Å²) in [6.07, 6.45) is 3.34. The second kappa shape index (κ2) is 5.63. The van der Waals surface area contributed by atoms with E-state index in [1.54, 1.807) is 12.1 Å². The van der Waals surface area contributed by atoms with Gasteiger partial charge in [-0.05, 0) is 30.9 Å². The summed E-state index contributed by atoms with van der Waals surface area (Å²) >= 11 is 0. The van der Waals surface area contributed by atoms with E-state index < -0.39 is 0 Å². The Bertz CT molecular complexity index is 372. The molecule has 1 aliphatic rings. The molecule has 5 nitrogen and oxygen atoms in total. The van der Waals surface area contributed by atoms with Crippen LogP contribution in [0.1, 0.15) is 23.2 Å². The standard InChI is InChI=1S/C12H16N2O3/c13-11-2-1-10(7-14-11)12(15)17-8-9-3-5-16-6-4-9/h1-2,7,9H,3-6,8H2,(H2,13,14). The minimum Gasteiger partial charge on any atom is -0.462 e. The molecule has 2 rings (SSSR count). The minimum absolute atomic E-state index is 0.344. The van der Waals surface area contributed by atoms with Crippen LogP contribution in [-0.2, 0) is 9.47 Å². The maximum Gasteiger partial charge on any atom is 0.339 e. The van der Waals surface area contributed by atoms with Gasteiger partial charge in [0, 0.05) is 19.4 Å². The van der Waals surface area contributed by atoms with Gasteiger partial charge in [0.2, 0.25) is 0 Å². The van der Waals surface area contributed by atoms with Crippen LogP contribution in [0, 0.1) is 5.92 Å². The first-order valence-corrected chi connectivity index (χ1v) is 5.72. The van der Waals surface area contributed by atoms with Gasteiger partial charge in [0.05, 0.1) is 12.2 Å². The normalized spacial score (nSPS) is 16.7. The fourth-order valence-electron chi connectivity index (χ4n) is 1.72. The highest BCUT2D eigenvalue weighted by Gasteiger charge is 2.16. The number of ether oxygens (including phenoxy) is 2. The van der Waals surface area contributed by atoms with Crippen molar-refractivity contribution in [3.63, 3.8) is 0 Å². The number of pyridine rings is 1. The molecule has 0 atom stereocenters. The average molecular weight is 236 g/mol. The third-order valence-electron chi connectivity index (χ3n) is 2.81. The van der Waals surface area contributed by atoms with Gasteiger partial charge in [-0.25, -0.2) is 9.78 Å². The van der Waals surface area contributed by atoms with Crippen molar-refractivity contribution in [2.75, 3.05) is 25.6 Å². The third kappa shape index (κ3) is 3.42. The van der Waals surface area contributed by atoms with Gasteiger partial charge in [-0.15, -0.1) is 0 Å². The van der Waals surface area contributed by atoms with Gasteiger partial charge >= 0.3 is 5.97 Å². The monoisotopic (exact) mass is 236 g/mol. The van der Waals surface area contributed by atoms with Crippen molar-refractivity contribution in [1.82, 2.24) is 4.98 Å². The van der Waals surface area contributed by atoms with Crippen molar-refractivity contribution in [1.29, 1.82) is 0 Å². The van der Waals surface area contributed by atoms with Crippen molar-refractivity contribution in [3.05, 3.63) is 23.9 Å². The first-order chi connectivity index (χ1) is 8.25. The van der Waals surface area contributed by atoms with Crippen LogP contribution in [0.15, 0.2) is 18.3 Å². The van der Waals surface area contributed by atoms with E-state index >= 15 is 0 Å². The molecule has 1 fully saturated rings. The van der Waals surface area contributed by atoms with Crippen LogP contribution in [0.4, 0.5) is 5.82 Å². The number of nitrogen functional groups attached to an aromatic ring is 1. The number of nitrogens with zero attached hydrogens (tertiary/aromatic N) is 1. The van der Waals surface area contributed by atoms with Crippen molar-refractivity contribution >= 4 is 11.8 Å². The molecule has 1 aliphatic heterocycles. The Morgan fingerprint density at radius 2 is 2.24 bits per heavy atom. The van der Waals surface area contributed by atoms with Gasteiger partial charge in [-0.3, -0.25) is 0 Å². The zero-order valence-corrected chi connectivity index (χ0v) is 9.59. The summed E-state index contributed by atoms with van der Waals surface area (Å²) in [7, 11) is 0. The second-order valence-corrected chi connectivity index (χ2v) is 4.13. The molecule has 1 saturated heterocycles. The number of aromatic nitrogens is 1. The predicted molar refractivity (Wildman–Crippen MR) is 62.5 cm³/mol. The molecule has 0 saturated carbocycles. The van der Waals surface area contributed by atoms with Gasteiger partial charge < -0.3 is 15.2 Å². The van der Waals surface area contributed by atoms with Crippen LogP contribution < -0.4 is 5.73 Å². The molecule has 0 spiro atoms. The van der Waals surface area contributed by atoms with E-state index in [0.717, 1.165) is 26.1 Å². The topological polar surface area (TPSA) is 74.4 Å². The highest BCUT2D eigenvalue weighted by molar-refractivity contribution is 5.89. The average Bonchev–Trinajstić information content (AvgIpc) is 2.38. The number of rotatable bonds is 3. The lowest BCUT2D eigenvalue weighted by atomic mass is 10.0. The molecule has 2 N–H and O–H groups in total. The van der Waals surface area contributed by atoms with E-state index in [9.17, 15) is 4.79 Å². The van der Waals surface area contributed by atoms with Crippen molar-refractivity contribution in [2.45, 2.75) is 12.8 Å². The number of hydrogen-bond donors (Lipinski definition) is 1. The van der Waals surface area contributed by atoms with Crippen LogP contribution in [-0.4, -0.2) is 30.8 Å². The molecule has 0 aliphatic carbocycles. The summed E-state index contributed by atoms with van der Waals surface area (Å²) in [5.74, 6) is 0.462. The van der Waals surface area contributed by atoms with Crippen LogP contribution in [0.25, 0.3) is 0 Å². The van der Waals surface area contributed by atoms with Gasteiger partial charge in [-0.2, -0.15) is 0 Å². The lowest BCUT2D eigenvalue weighted by molar-refractivity contribution is 0.0185. The Hall–Kier alpha value is -1.62. The Morgan fingerprint density at radius 3 is 2.88 bits per heavy atom. The molecule has 5 heteroatoms. The van der Waals surface area contributed by atoms with Crippen molar-refractivity contribution in [2.24, 2.45) is 5.92 Å². The molecule has 17 heavy (non-hydrogen) atoms. The predicted octanol–water partition coefficient (Wildman–Crippen LogP) is 1.25. The van der Waals surface area contributed by atoms with Crippen LogP contribution in [0.2, 0.25) is 0 Å². The van der Waals surface area contributed by atoms with Gasteiger partial charge in [0.1, 0.15) is 5.82 Å². The molecule has 0 radical (unpaired) electrons. The minimum atomic E-state index is -0.344. The highest BCUT2D eigenvalue weighted by Crippen LogP contribution is 2.15. The maximum absolute atomic E-state index is 11.7. The zero-order valence-electron chi connectivity index (χ0n) is 9.59. The highest BCUT2D eigenvalue weighted by atomic mass is 16.5. The van der Waals surface area contributed by atoms with Crippen LogP contribution in [0.3, 0.4) is 0 Å². The molecule has 1 aromatic rings. The summed E-state index contributed by atoms with van der Waals surface area (Å²) < 4.78 is 10.5. The molecular formula is C12H16N2O3. The van der Waals surface area contributed by atoms with Crippen LogP contribution >= 0.6 is 0 Å². The number of carbonyl (C=O) groups excluding carboxylic acids is 1. The summed E-state index contributed by atoms with van der Waals surface area (Å²) in [4.78, 5) is 15.5. The molecule has 1 aromatic heterocycles. The van der Waals surface area contributed by atoms with Gasteiger partial charge in [-0.1, -0.05) is 0 Å². The van der Waals surface area contributed by atoms with E-state index in [4.69, 9.17) is 15.2 Å². The first kappa shape index (κ1) is 11.9. The molecule has 0 amide bonds. The van der Waals surface area contributed by atoms with E-state index in [1.807, 2.05) is 0 Å². The molecule has 0 aromatic carbocycles. The van der Waals surface area contributed by atoms with E-state index in [0.29, 0.717) is 23.9 Å². The summed E-state index contributed by atoms with van der Waals surface area (Å²) in [6, 6.07) is 3.21. The lowest BCUT2D eigenvalue weighted by Crippen LogP contribution is -2.22. The molecule has 2 heterocycles. The number of carbonyl (C=O) groups is 1. The van der Waals surface area contributed by atoms with E-state index in [1.165, 1.54) is 6.20 Å². The van der Waals surface area contributed by atoms with E-state index in [-0.39, 0.29) is 5.97 Å². The fraction of sp³-hybridized carbons (Fsp3) is 0.500. The fourth-order valence-corrected chi connectivity index (χ4v) is 1.72. The van der Waals surface area contributed by atoms with Gasteiger partial charge in [0.25, 0.3) is 0 Å². The molecule has 0 unspecified atom stereocenters. The lowest BCUT2D eigenvalue weighted by Gasteiger charge is -2.21. The number of hydrogen-bond acceptors (Lipinski definition) is 5. The first-order valence-electron chi connectivity index (χ1n) is 5.72. The van der Waals surface area contributed by atoms with E-state index in [2.05, 4.69) is 4.98 Å². The van der Waals surface area contributed by atoms with Crippen molar-refractivity contribution in [3.8, 4) is 0 Å². The van der Waals surface area contributed by atoms with Gasteiger partial charge in [0.15, 0.2) is 0 Å². The zero-order chi connectivity index (χ0) is 12.1. The summed E-state index contributed by atoms with van der Waals surface area (Å²) in [5.41, 5.74) is 5.88. The number of anilines is 1. The second-order valence-electron chi connectivity index (χ2n) is 4.13. The van der Waals surface area contributed by atoms with Crippen molar-refractivity contribution < 1.29 is 14.3 Å². The Balaban J connectivity index is 1.82. The number of esters is 1. The Labute approximate surface area is 99.9 Å². The molecule has 0 bridgehead atoms. The largest absolute Gasteiger partial charge is 0.462 e. The summed E-state index contributed by atoms with van der Waals surface area (Å²) in [5, 5.41) is 0. The van der Waals surface area contributed by atoms with Crippen LogP contribution in [0.5, 0.6) is 0 Å². The summed E-state index contributed by atoms with van der Waals surface area (Å²) in [6.45, 7) is 1.96. The SMILES string of the molecule is Nc1ccc(C(=O)OCC2CCOCC2)cn1. The third-order valence-corrected chi connectivity index (χ3v) is 2.81. The molecular weight excluding hydrogens is 220 g/mol. The molecule has 92 valence electrons. The Kier molecular flexibility index (Phi) is 3.93. The maximum atomic E-state index is 11.7. The smallest absolute Gasteiger partial charge is 0.339 e.